The highest BCUT2D eigenvalue weighted by Gasteiger charge is 2.49. The first-order valence-electron chi connectivity index (χ1n) is 8.43. The molecule has 1 unspecified atom stereocenters. The second-order valence-corrected chi connectivity index (χ2v) is 7.11. The molecule has 3 rings (SSSR count). The van der Waals surface area contributed by atoms with Gasteiger partial charge in [-0.15, -0.1) is 0 Å². The summed E-state index contributed by atoms with van der Waals surface area (Å²) in [6.45, 7) is 5.73. The maximum Gasteiger partial charge on any atom is 0.430 e. The molecule has 0 bridgehead atoms. The Balaban J connectivity index is 2.13. The van der Waals surface area contributed by atoms with Gasteiger partial charge in [0, 0.05) is 5.56 Å². The second kappa shape index (κ2) is 6.07. The van der Waals surface area contributed by atoms with Crippen LogP contribution in [-0.4, -0.2) is 24.9 Å². The van der Waals surface area contributed by atoms with Crippen molar-refractivity contribution in [2.75, 3.05) is 6.61 Å². The van der Waals surface area contributed by atoms with Crippen molar-refractivity contribution in [2.24, 2.45) is 0 Å². The maximum absolute atomic E-state index is 13.5. The van der Waals surface area contributed by atoms with E-state index in [1.807, 2.05) is 6.07 Å². The molecule has 0 spiro atoms. The average Bonchev–Trinajstić information content (AvgIpc) is 2.52. The SMILES string of the molecule is CCOC(=O)C1=Cc2ccc3c(c2OC1C(F)(F)F)CCCC3(C)C. The summed E-state index contributed by atoms with van der Waals surface area (Å²) in [7, 11) is 0. The van der Waals surface area contributed by atoms with E-state index in [4.69, 9.17) is 9.47 Å². The molecule has 136 valence electrons. The lowest BCUT2D eigenvalue weighted by molar-refractivity contribution is -0.188. The van der Waals surface area contributed by atoms with E-state index in [0.29, 0.717) is 12.0 Å². The van der Waals surface area contributed by atoms with Gasteiger partial charge in [-0.25, -0.2) is 4.79 Å². The minimum absolute atomic E-state index is 0.00594. The number of fused-ring (bicyclic) bond motifs is 3. The molecule has 1 aromatic rings. The second-order valence-electron chi connectivity index (χ2n) is 7.11. The molecule has 25 heavy (non-hydrogen) atoms. The smallest absolute Gasteiger partial charge is 0.430 e. The minimum Gasteiger partial charge on any atom is -0.475 e. The number of halogens is 3. The maximum atomic E-state index is 13.5. The van der Waals surface area contributed by atoms with E-state index in [9.17, 15) is 18.0 Å². The molecule has 0 fully saturated rings. The highest BCUT2D eigenvalue weighted by molar-refractivity contribution is 5.96. The molecule has 2 aliphatic rings. The van der Waals surface area contributed by atoms with Gasteiger partial charge in [0.1, 0.15) is 5.75 Å². The Labute approximate surface area is 144 Å². The summed E-state index contributed by atoms with van der Waals surface area (Å²) < 4.78 is 50.6. The summed E-state index contributed by atoms with van der Waals surface area (Å²) in [4.78, 5) is 12.0. The van der Waals surface area contributed by atoms with Gasteiger partial charge in [0.25, 0.3) is 0 Å². The fourth-order valence-corrected chi connectivity index (χ4v) is 3.67. The van der Waals surface area contributed by atoms with Gasteiger partial charge < -0.3 is 9.47 Å². The molecule has 0 saturated carbocycles. The molecule has 0 saturated heterocycles. The van der Waals surface area contributed by atoms with Crippen molar-refractivity contribution >= 4 is 12.0 Å². The highest BCUT2D eigenvalue weighted by atomic mass is 19.4. The van der Waals surface area contributed by atoms with Crippen molar-refractivity contribution < 1.29 is 27.4 Å². The molecule has 0 N–H and O–H groups in total. The van der Waals surface area contributed by atoms with Crippen LogP contribution in [0.25, 0.3) is 6.08 Å². The Morgan fingerprint density at radius 3 is 2.72 bits per heavy atom. The first-order valence-corrected chi connectivity index (χ1v) is 8.43. The van der Waals surface area contributed by atoms with Crippen molar-refractivity contribution in [3.63, 3.8) is 0 Å². The van der Waals surface area contributed by atoms with Crippen LogP contribution in [0.1, 0.15) is 50.3 Å². The standard InChI is InChI=1S/C19H21F3O3/c1-4-24-17(23)13-10-11-7-8-14-12(6-5-9-18(14,2)3)15(11)25-16(13)19(20,21)22/h7-8,10,16H,4-6,9H2,1-3H3. The number of esters is 1. The van der Waals surface area contributed by atoms with Crippen molar-refractivity contribution in [3.05, 3.63) is 34.4 Å². The summed E-state index contributed by atoms with van der Waals surface area (Å²) in [5, 5.41) is 0. The van der Waals surface area contributed by atoms with Crippen LogP contribution < -0.4 is 4.74 Å². The molecule has 1 aliphatic carbocycles. The first-order chi connectivity index (χ1) is 11.6. The average molecular weight is 354 g/mol. The van der Waals surface area contributed by atoms with E-state index >= 15 is 0 Å². The lowest BCUT2D eigenvalue weighted by Crippen LogP contribution is -2.41. The third-order valence-electron chi connectivity index (χ3n) is 4.89. The summed E-state index contributed by atoms with van der Waals surface area (Å²) in [6.07, 6.45) is -3.18. The Morgan fingerprint density at radius 2 is 2.08 bits per heavy atom. The van der Waals surface area contributed by atoms with Crippen LogP contribution in [0.3, 0.4) is 0 Å². The lowest BCUT2D eigenvalue weighted by Gasteiger charge is -2.36. The molecule has 6 heteroatoms. The third kappa shape index (κ3) is 3.14. The fraction of sp³-hybridized carbons (Fsp3) is 0.526. The monoisotopic (exact) mass is 354 g/mol. The lowest BCUT2D eigenvalue weighted by atomic mass is 9.72. The van der Waals surface area contributed by atoms with Gasteiger partial charge in [0.05, 0.1) is 12.2 Å². The number of hydrogen-bond donors (Lipinski definition) is 0. The van der Waals surface area contributed by atoms with Gasteiger partial charge in [-0.2, -0.15) is 13.2 Å². The first kappa shape index (κ1) is 17.8. The molecule has 1 atom stereocenters. The molecule has 3 nitrogen and oxygen atoms in total. The van der Waals surface area contributed by atoms with Crippen LogP contribution in [0.15, 0.2) is 17.7 Å². The normalized spacial score (nSPS) is 21.5. The van der Waals surface area contributed by atoms with E-state index in [1.54, 1.807) is 13.0 Å². The van der Waals surface area contributed by atoms with Crippen LogP contribution in [0.2, 0.25) is 0 Å². The van der Waals surface area contributed by atoms with Crippen LogP contribution in [0.4, 0.5) is 13.2 Å². The van der Waals surface area contributed by atoms with E-state index in [0.717, 1.165) is 24.0 Å². The van der Waals surface area contributed by atoms with E-state index < -0.39 is 23.8 Å². The van der Waals surface area contributed by atoms with Gasteiger partial charge in [0.2, 0.25) is 6.10 Å². The van der Waals surface area contributed by atoms with Gasteiger partial charge in [0.15, 0.2) is 0 Å². The Morgan fingerprint density at radius 1 is 1.36 bits per heavy atom. The van der Waals surface area contributed by atoms with Crippen LogP contribution in [0, 0.1) is 0 Å². The Bertz CT molecular complexity index is 732. The summed E-state index contributed by atoms with van der Waals surface area (Å²) >= 11 is 0. The summed E-state index contributed by atoms with van der Waals surface area (Å²) in [5.41, 5.74) is 1.73. The zero-order chi connectivity index (χ0) is 18.4. The van der Waals surface area contributed by atoms with Crippen LogP contribution >= 0.6 is 0 Å². The van der Waals surface area contributed by atoms with E-state index in [2.05, 4.69) is 13.8 Å². The van der Waals surface area contributed by atoms with Crippen molar-refractivity contribution in [2.45, 2.75) is 57.7 Å². The predicted molar refractivity (Wildman–Crippen MR) is 87.5 cm³/mol. The quantitative estimate of drug-likeness (QED) is 0.730. The topological polar surface area (TPSA) is 35.5 Å². The minimum atomic E-state index is -4.69. The van der Waals surface area contributed by atoms with Crippen molar-refractivity contribution in [3.8, 4) is 5.75 Å². The van der Waals surface area contributed by atoms with E-state index in [-0.39, 0.29) is 17.8 Å². The highest BCUT2D eigenvalue weighted by Crippen LogP contribution is 2.46. The number of carbonyl (C=O) groups is 1. The van der Waals surface area contributed by atoms with Gasteiger partial charge in [-0.3, -0.25) is 0 Å². The molecule has 1 aromatic carbocycles. The fourth-order valence-electron chi connectivity index (χ4n) is 3.67. The van der Waals surface area contributed by atoms with Gasteiger partial charge >= 0.3 is 12.1 Å². The number of benzene rings is 1. The Kier molecular flexibility index (Phi) is 4.33. The van der Waals surface area contributed by atoms with Crippen molar-refractivity contribution in [1.29, 1.82) is 0 Å². The van der Waals surface area contributed by atoms with Crippen LogP contribution in [0.5, 0.6) is 5.75 Å². The zero-order valence-corrected chi connectivity index (χ0v) is 14.5. The summed E-state index contributed by atoms with van der Waals surface area (Å²) in [5.74, 6) is -0.742. The Hall–Kier alpha value is -1.98. The predicted octanol–water partition coefficient (Wildman–Crippen LogP) is 4.57. The molecule has 0 amide bonds. The molecule has 1 heterocycles. The van der Waals surface area contributed by atoms with Gasteiger partial charge in [-0.05, 0) is 48.8 Å². The molecular weight excluding hydrogens is 333 g/mol. The van der Waals surface area contributed by atoms with Gasteiger partial charge in [-0.1, -0.05) is 26.0 Å². The zero-order valence-electron chi connectivity index (χ0n) is 14.5. The van der Waals surface area contributed by atoms with E-state index in [1.165, 1.54) is 6.08 Å². The third-order valence-corrected chi connectivity index (χ3v) is 4.89. The number of carbonyl (C=O) groups excluding carboxylic acids is 1. The molecule has 0 radical (unpaired) electrons. The number of alkyl halides is 3. The molecule has 1 aliphatic heterocycles. The largest absolute Gasteiger partial charge is 0.475 e. The summed E-state index contributed by atoms with van der Waals surface area (Å²) in [6, 6.07) is 3.66. The number of hydrogen-bond acceptors (Lipinski definition) is 3. The number of ether oxygens (including phenoxy) is 2. The van der Waals surface area contributed by atoms with Crippen molar-refractivity contribution in [1.82, 2.24) is 0 Å². The molecular formula is C19H21F3O3. The molecule has 0 aromatic heterocycles. The van der Waals surface area contributed by atoms with Crippen LogP contribution in [-0.2, 0) is 21.4 Å². The number of rotatable bonds is 2.